The van der Waals surface area contributed by atoms with Gasteiger partial charge in [-0.3, -0.25) is 9.59 Å². The van der Waals surface area contributed by atoms with Crippen molar-refractivity contribution in [3.63, 3.8) is 0 Å². The molecule has 25 heavy (non-hydrogen) atoms. The third kappa shape index (κ3) is 5.88. The first-order valence-electron chi connectivity index (χ1n) is 7.76. The van der Waals surface area contributed by atoms with Crippen LogP contribution in [0.4, 0.5) is 11.4 Å². The monoisotopic (exact) mass is 366 g/mol. The molecule has 8 heteroatoms. The third-order valence-electron chi connectivity index (χ3n) is 3.47. The quantitative estimate of drug-likeness (QED) is 0.727. The van der Waals surface area contributed by atoms with Gasteiger partial charge < -0.3 is 20.9 Å². The summed E-state index contributed by atoms with van der Waals surface area (Å²) in [5.74, 6) is 0.282. The number of benzene rings is 1. The number of aromatic nitrogens is 1. The van der Waals surface area contributed by atoms with E-state index in [1.54, 1.807) is 31.2 Å². The van der Waals surface area contributed by atoms with Crippen LogP contribution in [0, 0.1) is 12.8 Å². The highest BCUT2D eigenvalue weighted by atomic mass is 35.5. The second-order valence-electron chi connectivity index (χ2n) is 6.05. The van der Waals surface area contributed by atoms with E-state index in [2.05, 4.69) is 15.8 Å². The molecule has 0 saturated heterocycles. The molecule has 1 aromatic carbocycles. The predicted molar refractivity (Wildman–Crippen MR) is 98.9 cm³/mol. The summed E-state index contributed by atoms with van der Waals surface area (Å²) in [6, 6.07) is 6.27. The lowest BCUT2D eigenvalue weighted by Crippen LogP contribution is -2.36. The molecule has 0 saturated carbocycles. The van der Waals surface area contributed by atoms with E-state index in [1.807, 2.05) is 13.8 Å². The van der Waals surface area contributed by atoms with E-state index in [-0.39, 0.29) is 24.2 Å². The van der Waals surface area contributed by atoms with E-state index in [1.165, 1.54) is 6.20 Å². The van der Waals surface area contributed by atoms with Gasteiger partial charge in [-0.05, 0) is 43.5 Å². The smallest absolute Gasteiger partial charge is 0.260 e. The number of rotatable bonds is 6. The summed E-state index contributed by atoms with van der Waals surface area (Å²) in [5, 5.41) is 9.07. The number of aryl methyl sites for hydroxylation is 1. The van der Waals surface area contributed by atoms with Crippen molar-refractivity contribution in [1.82, 2.24) is 5.16 Å². The molecule has 1 aromatic heterocycles. The van der Waals surface area contributed by atoms with Crippen molar-refractivity contribution >= 4 is 35.6 Å². The van der Waals surface area contributed by atoms with Crippen molar-refractivity contribution in [1.29, 1.82) is 0 Å². The van der Waals surface area contributed by atoms with Gasteiger partial charge in [0.15, 0.2) is 0 Å². The topological polar surface area (TPSA) is 110 Å². The first kappa shape index (κ1) is 20.7. The second kappa shape index (κ2) is 9.19. The molecule has 0 unspecified atom stereocenters. The number of carbonyl (C=O) groups is 2. The normalized spacial score (nSPS) is 11.6. The van der Waals surface area contributed by atoms with Crippen molar-refractivity contribution in [3.05, 3.63) is 41.8 Å². The molecule has 0 fully saturated rings. The molecule has 7 nitrogen and oxygen atoms in total. The van der Waals surface area contributed by atoms with Crippen LogP contribution in [0.2, 0.25) is 0 Å². The summed E-state index contributed by atoms with van der Waals surface area (Å²) >= 11 is 0. The lowest BCUT2D eigenvalue weighted by atomic mass is 10.0. The fraction of sp³-hybridized carbons (Fsp3) is 0.353. The van der Waals surface area contributed by atoms with Gasteiger partial charge in [0.25, 0.3) is 5.91 Å². The van der Waals surface area contributed by atoms with Crippen LogP contribution in [-0.2, 0) is 4.79 Å². The summed E-state index contributed by atoms with van der Waals surface area (Å²) < 4.78 is 4.87. The Balaban J connectivity index is 0.00000312. The van der Waals surface area contributed by atoms with Gasteiger partial charge in [0.2, 0.25) is 5.91 Å². The molecule has 0 bridgehead atoms. The zero-order valence-corrected chi connectivity index (χ0v) is 15.2. The maximum atomic E-state index is 12.1. The SMILES string of the molecule is Cc1oncc1C(=O)Nc1ccc(NC(=O)[C@@H](N)CC(C)C)cc1.Cl. The molecule has 1 atom stereocenters. The highest BCUT2D eigenvalue weighted by Crippen LogP contribution is 2.16. The molecule has 1 heterocycles. The van der Waals surface area contributed by atoms with E-state index in [0.29, 0.717) is 35.0 Å². The molecule has 0 radical (unpaired) electrons. The van der Waals surface area contributed by atoms with E-state index in [4.69, 9.17) is 10.3 Å². The van der Waals surface area contributed by atoms with E-state index < -0.39 is 6.04 Å². The number of halogens is 1. The number of hydrogen-bond acceptors (Lipinski definition) is 5. The van der Waals surface area contributed by atoms with Gasteiger partial charge in [-0.1, -0.05) is 19.0 Å². The van der Waals surface area contributed by atoms with Crippen LogP contribution in [0.5, 0.6) is 0 Å². The Morgan fingerprint density at radius 3 is 2.20 bits per heavy atom. The average Bonchev–Trinajstić information content (AvgIpc) is 2.94. The molecule has 136 valence electrons. The van der Waals surface area contributed by atoms with Gasteiger partial charge in [-0.2, -0.15) is 0 Å². The maximum absolute atomic E-state index is 12.1. The van der Waals surface area contributed by atoms with Crippen LogP contribution in [0.15, 0.2) is 35.0 Å². The molecule has 2 rings (SSSR count). The molecule has 0 aliphatic rings. The van der Waals surface area contributed by atoms with Gasteiger partial charge >= 0.3 is 0 Å². The van der Waals surface area contributed by atoms with E-state index in [0.717, 1.165) is 0 Å². The Kier molecular flexibility index (Phi) is 7.60. The fourth-order valence-corrected chi connectivity index (χ4v) is 2.20. The lowest BCUT2D eigenvalue weighted by Gasteiger charge is -2.14. The number of anilines is 2. The van der Waals surface area contributed by atoms with Crippen LogP contribution in [0.25, 0.3) is 0 Å². The van der Waals surface area contributed by atoms with E-state index in [9.17, 15) is 9.59 Å². The number of carbonyl (C=O) groups excluding carboxylic acids is 2. The van der Waals surface area contributed by atoms with Gasteiger partial charge in [-0.15, -0.1) is 12.4 Å². The first-order chi connectivity index (χ1) is 11.4. The molecule has 0 spiro atoms. The van der Waals surface area contributed by atoms with Gasteiger partial charge in [0.1, 0.15) is 11.3 Å². The number of nitrogens with zero attached hydrogens (tertiary/aromatic N) is 1. The summed E-state index contributed by atoms with van der Waals surface area (Å²) in [7, 11) is 0. The van der Waals surface area contributed by atoms with Gasteiger partial charge in [0.05, 0.1) is 12.2 Å². The van der Waals surface area contributed by atoms with Crippen LogP contribution in [-0.4, -0.2) is 23.0 Å². The minimum absolute atomic E-state index is 0. The zero-order valence-electron chi connectivity index (χ0n) is 14.4. The Bertz CT molecular complexity index is 713. The Morgan fingerprint density at radius 1 is 1.16 bits per heavy atom. The Hall–Kier alpha value is -2.38. The van der Waals surface area contributed by atoms with Crippen molar-refractivity contribution in [2.24, 2.45) is 11.7 Å². The van der Waals surface area contributed by atoms with Crippen LogP contribution >= 0.6 is 12.4 Å². The van der Waals surface area contributed by atoms with Crippen molar-refractivity contribution in [2.75, 3.05) is 10.6 Å². The predicted octanol–water partition coefficient (Wildman–Crippen LogP) is 2.97. The molecule has 4 N–H and O–H groups in total. The summed E-state index contributed by atoms with van der Waals surface area (Å²) in [4.78, 5) is 24.0. The van der Waals surface area contributed by atoms with Crippen molar-refractivity contribution < 1.29 is 14.1 Å². The number of nitrogens with two attached hydrogens (primary N) is 1. The standard InChI is InChI=1S/C17H22N4O3.ClH/c1-10(2)8-15(18)17(23)21-13-6-4-12(5-7-13)20-16(22)14-9-19-24-11(14)3;/h4-7,9-10,15H,8,18H2,1-3H3,(H,20,22)(H,21,23);1H/t15-;/m0./s1. The first-order valence-corrected chi connectivity index (χ1v) is 7.76. The number of amides is 2. The average molecular weight is 367 g/mol. The summed E-state index contributed by atoms with van der Waals surface area (Å²) in [6.07, 6.45) is 1.99. The largest absolute Gasteiger partial charge is 0.361 e. The highest BCUT2D eigenvalue weighted by molar-refractivity contribution is 6.04. The zero-order chi connectivity index (χ0) is 17.7. The molecule has 2 amide bonds. The molecule has 0 aliphatic heterocycles. The summed E-state index contributed by atoms with van der Waals surface area (Å²) in [5.41, 5.74) is 7.45. The van der Waals surface area contributed by atoms with Crippen molar-refractivity contribution in [2.45, 2.75) is 33.2 Å². The minimum atomic E-state index is -0.541. The summed E-state index contributed by atoms with van der Waals surface area (Å²) in [6.45, 7) is 5.70. The van der Waals surface area contributed by atoms with Gasteiger partial charge in [-0.25, -0.2) is 0 Å². The van der Waals surface area contributed by atoms with Crippen LogP contribution < -0.4 is 16.4 Å². The lowest BCUT2D eigenvalue weighted by molar-refractivity contribution is -0.117. The van der Waals surface area contributed by atoms with E-state index >= 15 is 0 Å². The van der Waals surface area contributed by atoms with Crippen LogP contribution in [0.3, 0.4) is 0 Å². The fourth-order valence-electron chi connectivity index (χ4n) is 2.20. The van der Waals surface area contributed by atoms with Gasteiger partial charge in [0, 0.05) is 11.4 Å². The number of nitrogens with one attached hydrogen (secondary N) is 2. The minimum Gasteiger partial charge on any atom is -0.361 e. The van der Waals surface area contributed by atoms with Crippen LogP contribution in [0.1, 0.15) is 36.4 Å². The molecule has 2 aromatic rings. The molecule has 0 aliphatic carbocycles. The molecular weight excluding hydrogens is 344 g/mol. The maximum Gasteiger partial charge on any atom is 0.260 e. The Morgan fingerprint density at radius 2 is 1.72 bits per heavy atom. The molecular formula is C17H23ClN4O3. The second-order valence-corrected chi connectivity index (χ2v) is 6.05. The third-order valence-corrected chi connectivity index (χ3v) is 3.47. The van der Waals surface area contributed by atoms with Crippen molar-refractivity contribution in [3.8, 4) is 0 Å². The Labute approximate surface area is 152 Å². The number of hydrogen-bond donors (Lipinski definition) is 3. The highest BCUT2D eigenvalue weighted by Gasteiger charge is 2.15.